The van der Waals surface area contributed by atoms with Crippen molar-refractivity contribution in [3.63, 3.8) is 0 Å². The minimum absolute atomic E-state index is 0.0126. The number of rotatable bonds is 11. The highest BCUT2D eigenvalue weighted by atomic mass is 32.2. The van der Waals surface area contributed by atoms with E-state index in [9.17, 15) is 61.9 Å². The van der Waals surface area contributed by atoms with Gasteiger partial charge in [-0.05, 0) is 19.3 Å². The van der Waals surface area contributed by atoms with E-state index in [1.165, 1.54) is 0 Å². The predicted molar refractivity (Wildman–Crippen MR) is 95.1 cm³/mol. The monoisotopic (exact) mass is 574 g/mol. The molecule has 8 nitrogen and oxygen atoms in total. The first-order valence-corrected chi connectivity index (χ1v) is 11.4. The van der Waals surface area contributed by atoms with E-state index in [1.54, 1.807) is 0 Å². The van der Waals surface area contributed by atoms with Crippen LogP contribution in [0.2, 0.25) is 0 Å². The molecule has 0 aliphatic heterocycles. The highest BCUT2D eigenvalue weighted by Gasteiger charge is 2.69. The molecule has 212 valence electrons. The van der Waals surface area contributed by atoms with Gasteiger partial charge in [0.2, 0.25) is 0 Å². The Morgan fingerprint density at radius 3 is 1.86 bits per heavy atom. The summed E-state index contributed by atoms with van der Waals surface area (Å²) in [6.07, 6.45) is -14.0. The normalized spacial score (nSPS) is 18.4. The van der Waals surface area contributed by atoms with Crippen molar-refractivity contribution in [1.82, 2.24) is 0 Å². The van der Waals surface area contributed by atoms with Gasteiger partial charge in [0.05, 0.1) is 12.5 Å². The molecule has 0 heterocycles. The van der Waals surface area contributed by atoms with Crippen molar-refractivity contribution >= 4 is 22.1 Å². The van der Waals surface area contributed by atoms with Crippen molar-refractivity contribution in [3.8, 4) is 0 Å². The standard InChI is InChI=1S/C17H20F10O8S/c18-13(19,17(26,27)36(30,31)32)7-4-8-34-15(16(23,24)25,12(29)33-9-14(20,21)22)35-11(28)10-5-2-1-3-6-10/h10H,1-9H2,(H,30,31,32). The van der Waals surface area contributed by atoms with E-state index < -0.39 is 83.3 Å². The van der Waals surface area contributed by atoms with Gasteiger partial charge in [0.25, 0.3) is 0 Å². The quantitative estimate of drug-likeness (QED) is 0.127. The van der Waals surface area contributed by atoms with Gasteiger partial charge in [-0.2, -0.15) is 52.3 Å². The molecule has 1 aliphatic rings. The van der Waals surface area contributed by atoms with Gasteiger partial charge in [-0.15, -0.1) is 0 Å². The minimum atomic E-state index is -6.67. The van der Waals surface area contributed by atoms with Crippen molar-refractivity contribution in [2.24, 2.45) is 5.92 Å². The van der Waals surface area contributed by atoms with E-state index in [2.05, 4.69) is 14.2 Å². The molecule has 1 atom stereocenters. The zero-order valence-corrected chi connectivity index (χ0v) is 18.8. The molecule has 0 amide bonds. The molecule has 36 heavy (non-hydrogen) atoms. The Balaban J connectivity index is 3.17. The Bertz CT molecular complexity index is 881. The Kier molecular flexibility index (Phi) is 10.0. The average Bonchev–Trinajstić information content (AvgIpc) is 2.72. The fourth-order valence-corrected chi connectivity index (χ4v) is 3.51. The Labute approximate surface area is 197 Å². The zero-order valence-electron chi connectivity index (χ0n) is 17.9. The van der Waals surface area contributed by atoms with Crippen molar-refractivity contribution in [2.75, 3.05) is 13.2 Å². The van der Waals surface area contributed by atoms with Gasteiger partial charge in [-0.1, -0.05) is 19.3 Å². The molecule has 1 saturated carbocycles. The molecular formula is C17H20F10O8S. The maximum atomic E-state index is 13.8. The topological polar surface area (TPSA) is 116 Å². The molecule has 0 aromatic heterocycles. The predicted octanol–water partition coefficient (Wildman–Crippen LogP) is 4.39. The highest BCUT2D eigenvalue weighted by molar-refractivity contribution is 7.87. The second-order valence-electron chi connectivity index (χ2n) is 7.71. The van der Waals surface area contributed by atoms with E-state index in [4.69, 9.17) is 4.55 Å². The molecule has 0 spiro atoms. The summed E-state index contributed by atoms with van der Waals surface area (Å²) in [5.74, 6) is -16.3. The third-order valence-corrected chi connectivity index (χ3v) is 5.83. The first kappa shape index (κ1) is 32.1. The summed E-state index contributed by atoms with van der Waals surface area (Å²) < 4.78 is 173. The number of hydrogen-bond acceptors (Lipinski definition) is 7. The summed E-state index contributed by atoms with van der Waals surface area (Å²) in [7, 11) is -6.67. The fourth-order valence-electron chi connectivity index (χ4n) is 3.04. The van der Waals surface area contributed by atoms with E-state index in [-0.39, 0.29) is 12.8 Å². The Hall–Kier alpha value is -1.89. The minimum Gasteiger partial charge on any atom is -0.451 e. The van der Waals surface area contributed by atoms with Crippen LogP contribution < -0.4 is 0 Å². The van der Waals surface area contributed by atoms with Crippen molar-refractivity contribution < 1.29 is 80.7 Å². The number of ether oxygens (including phenoxy) is 3. The van der Waals surface area contributed by atoms with Crippen molar-refractivity contribution in [1.29, 1.82) is 0 Å². The third-order valence-electron chi connectivity index (χ3n) is 4.88. The largest absolute Gasteiger partial charge is 0.468 e. The lowest BCUT2D eigenvalue weighted by atomic mass is 9.89. The van der Waals surface area contributed by atoms with Gasteiger partial charge >= 0.3 is 51.4 Å². The number of halogens is 10. The molecular weight excluding hydrogens is 554 g/mol. The molecule has 0 saturated heterocycles. The maximum Gasteiger partial charge on any atom is 0.468 e. The van der Waals surface area contributed by atoms with E-state index in [0.29, 0.717) is 19.3 Å². The van der Waals surface area contributed by atoms with Crippen LogP contribution in [0, 0.1) is 5.92 Å². The average molecular weight is 574 g/mol. The van der Waals surface area contributed by atoms with Crippen LogP contribution in [-0.2, 0) is 33.9 Å². The van der Waals surface area contributed by atoms with Crippen LogP contribution in [0.1, 0.15) is 44.9 Å². The number of esters is 2. The first-order valence-electron chi connectivity index (χ1n) is 9.97. The lowest BCUT2D eigenvalue weighted by Gasteiger charge is -2.34. The fraction of sp³-hybridized carbons (Fsp3) is 0.882. The lowest BCUT2D eigenvalue weighted by molar-refractivity contribution is -0.359. The van der Waals surface area contributed by atoms with Crippen molar-refractivity contribution in [2.45, 2.75) is 74.3 Å². The molecule has 0 aromatic carbocycles. The van der Waals surface area contributed by atoms with Gasteiger partial charge in [0.15, 0.2) is 6.61 Å². The molecule has 19 heteroatoms. The van der Waals surface area contributed by atoms with Gasteiger partial charge in [0.1, 0.15) is 0 Å². The van der Waals surface area contributed by atoms with Gasteiger partial charge in [0, 0.05) is 6.42 Å². The van der Waals surface area contributed by atoms with E-state index in [0.717, 1.165) is 0 Å². The molecule has 1 aliphatic carbocycles. The van der Waals surface area contributed by atoms with Crippen LogP contribution in [0.4, 0.5) is 43.9 Å². The molecule has 0 aromatic rings. The molecule has 0 radical (unpaired) electrons. The van der Waals surface area contributed by atoms with Crippen LogP contribution in [0.15, 0.2) is 0 Å². The van der Waals surface area contributed by atoms with Crippen LogP contribution in [-0.4, -0.2) is 67.4 Å². The molecule has 1 fully saturated rings. The maximum absolute atomic E-state index is 13.8. The molecule has 1 unspecified atom stereocenters. The van der Waals surface area contributed by atoms with E-state index in [1.807, 2.05) is 0 Å². The van der Waals surface area contributed by atoms with E-state index >= 15 is 0 Å². The number of hydrogen-bond donors (Lipinski definition) is 1. The number of carbonyl (C=O) groups excluding carboxylic acids is 2. The van der Waals surface area contributed by atoms with Crippen LogP contribution >= 0.6 is 0 Å². The number of alkyl halides is 10. The van der Waals surface area contributed by atoms with Gasteiger partial charge in [-0.3, -0.25) is 9.35 Å². The van der Waals surface area contributed by atoms with Crippen LogP contribution in [0.25, 0.3) is 0 Å². The van der Waals surface area contributed by atoms with Gasteiger partial charge < -0.3 is 14.2 Å². The van der Waals surface area contributed by atoms with Crippen molar-refractivity contribution in [3.05, 3.63) is 0 Å². The van der Waals surface area contributed by atoms with Gasteiger partial charge in [-0.25, -0.2) is 4.79 Å². The SMILES string of the molecule is O=C(OC(OCCCC(F)(F)C(F)(F)S(=O)(=O)O)(C(=O)OCC(F)(F)F)C(F)(F)F)C1CCCCC1. The summed E-state index contributed by atoms with van der Waals surface area (Å²) in [4.78, 5) is 24.3. The zero-order chi connectivity index (χ0) is 28.2. The third kappa shape index (κ3) is 7.80. The second-order valence-corrected chi connectivity index (χ2v) is 9.17. The highest BCUT2D eigenvalue weighted by Crippen LogP contribution is 2.42. The summed E-state index contributed by atoms with van der Waals surface area (Å²) in [5, 5.41) is -6.07. The molecule has 0 bridgehead atoms. The van der Waals surface area contributed by atoms with Crippen LogP contribution in [0.3, 0.4) is 0 Å². The summed E-state index contributed by atoms with van der Waals surface area (Å²) in [6.45, 7) is -4.37. The molecule has 1 rings (SSSR count). The smallest absolute Gasteiger partial charge is 0.451 e. The van der Waals surface area contributed by atoms with Crippen LogP contribution in [0.5, 0.6) is 0 Å². The lowest BCUT2D eigenvalue weighted by Crippen LogP contribution is -2.59. The Morgan fingerprint density at radius 1 is 0.889 bits per heavy atom. The summed E-state index contributed by atoms with van der Waals surface area (Å²) >= 11 is 0. The second kappa shape index (κ2) is 11.2. The summed E-state index contributed by atoms with van der Waals surface area (Å²) in [6, 6.07) is 0. The molecule has 1 N–H and O–H groups in total. The Morgan fingerprint density at radius 2 is 1.42 bits per heavy atom. The number of carbonyl (C=O) groups is 2. The summed E-state index contributed by atoms with van der Waals surface area (Å²) in [5.41, 5.74) is 0. The first-order chi connectivity index (χ1) is 16.1.